The van der Waals surface area contributed by atoms with E-state index in [4.69, 9.17) is 23.2 Å². The number of nitrogens with zero attached hydrogens (tertiary/aromatic N) is 1. The van der Waals surface area contributed by atoms with Gasteiger partial charge in [-0.3, -0.25) is 9.78 Å². The molecular formula is C11H8Cl2N2O. The molecule has 1 N–H and O–H groups in total. The zero-order valence-electron chi connectivity index (χ0n) is 8.21. The maximum atomic E-state index is 11.2. The van der Waals surface area contributed by atoms with E-state index in [9.17, 15) is 4.79 Å². The van der Waals surface area contributed by atoms with Crippen LogP contribution >= 0.6 is 23.2 Å². The summed E-state index contributed by atoms with van der Waals surface area (Å²) in [6.07, 6.45) is 1.61. The second-order valence-corrected chi connectivity index (χ2v) is 3.91. The maximum Gasteiger partial charge on any atom is 0.239 e. The summed E-state index contributed by atoms with van der Waals surface area (Å²) >= 11 is 11.3. The summed E-state index contributed by atoms with van der Waals surface area (Å²) in [6, 6.07) is 7.03. The molecule has 0 atom stereocenters. The highest BCUT2D eigenvalue weighted by molar-refractivity contribution is 6.31. The van der Waals surface area contributed by atoms with Crippen LogP contribution in [0.4, 0.5) is 5.69 Å². The number of halogens is 2. The Labute approximate surface area is 102 Å². The van der Waals surface area contributed by atoms with Gasteiger partial charge in [-0.1, -0.05) is 11.6 Å². The normalized spacial score (nSPS) is 10.4. The van der Waals surface area contributed by atoms with Crippen LogP contribution in [0.1, 0.15) is 0 Å². The largest absolute Gasteiger partial charge is 0.324 e. The molecule has 82 valence electrons. The smallest absolute Gasteiger partial charge is 0.239 e. The van der Waals surface area contributed by atoms with Gasteiger partial charge < -0.3 is 5.32 Å². The van der Waals surface area contributed by atoms with E-state index < -0.39 is 0 Å². The van der Waals surface area contributed by atoms with Gasteiger partial charge >= 0.3 is 0 Å². The second kappa shape index (κ2) is 4.68. The van der Waals surface area contributed by atoms with Crippen LogP contribution in [-0.4, -0.2) is 16.8 Å². The van der Waals surface area contributed by atoms with Crippen molar-refractivity contribution in [2.24, 2.45) is 0 Å². The SMILES string of the molecule is O=C(CCl)Nc1ccnc2cc(Cl)ccc12. The molecule has 0 aliphatic heterocycles. The molecule has 3 nitrogen and oxygen atoms in total. The molecule has 2 aromatic rings. The van der Waals surface area contributed by atoms with Crippen molar-refractivity contribution in [3.8, 4) is 0 Å². The van der Waals surface area contributed by atoms with Gasteiger partial charge in [0.1, 0.15) is 5.88 Å². The average Bonchev–Trinajstić information content (AvgIpc) is 2.28. The van der Waals surface area contributed by atoms with E-state index in [0.29, 0.717) is 10.7 Å². The number of benzene rings is 1. The molecule has 0 saturated carbocycles. The van der Waals surface area contributed by atoms with Crippen LogP contribution in [0.15, 0.2) is 30.5 Å². The van der Waals surface area contributed by atoms with Gasteiger partial charge in [0.2, 0.25) is 5.91 Å². The number of aromatic nitrogens is 1. The number of carbonyl (C=O) groups is 1. The van der Waals surface area contributed by atoms with Crippen LogP contribution < -0.4 is 5.32 Å². The summed E-state index contributed by atoms with van der Waals surface area (Å²) in [7, 11) is 0. The standard InChI is InChI=1S/C11H8Cl2N2O/c12-6-11(16)15-9-3-4-14-10-5-7(13)1-2-8(9)10/h1-5H,6H2,(H,14,15,16). The molecule has 0 saturated heterocycles. The van der Waals surface area contributed by atoms with E-state index in [0.717, 1.165) is 10.9 Å². The minimum Gasteiger partial charge on any atom is -0.324 e. The number of hydrogen-bond acceptors (Lipinski definition) is 2. The fourth-order valence-corrected chi connectivity index (χ4v) is 1.65. The number of hydrogen-bond donors (Lipinski definition) is 1. The second-order valence-electron chi connectivity index (χ2n) is 3.20. The Kier molecular flexibility index (Phi) is 3.27. The van der Waals surface area contributed by atoms with Crippen molar-refractivity contribution < 1.29 is 4.79 Å². The van der Waals surface area contributed by atoms with Crippen LogP contribution in [0.2, 0.25) is 5.02 Å². The molecule has 16 heavy (non-hydrogen) atoms. The Bertz CT molecular complexity index is 542. The number of nitrogens with one attached hydrogen (secondary N) is 1. The molecular weight excluding hydrogens is 247 g/mol. The van der Waals surface area contributed by atoms with Crippen LogP contribution in [0.3, 0.4) is 0 Å². The molecule has 5 heteroatoms. The summed E-state index contributed by atoms with van der Waals surface area (Å²) in [4.78, 5) is 15.4. The van der Waals surface area contributed by atoms with Gasteiger partial charge in [-0.2, -0.15) is 0 Å². The number of fused-ring (bicyclic) bond motifs is 1. The maximum absolute atomic E-state index is 11.2. The van der Waals surface area contributed by atoms with E-state index in [1.54, 1.807) is 24.4 Å². The predicted octanol–water partition coefficient (Wildman–Crippen LogP) is 3.07. The van der Waals surface area contributed by atoms with Gasteiger partial charge in [0.15, 0.2) is 0 Å². The number of carbonyl (C=O) groups excluding carboxylic acids is 1. The fourth-order valence-electron chi connectivity index (χ4n) is 1.41. The van der Waals surface area contributed by atoms with E-state index >= 15 is 0 Å². The molecule has 2 rings (SSSR count). The first-order chi connectivity index (χ1) is 7.70. The summed E-state index contributed by atoms with van der Waals surface area (Å²) in [5, 5.41) is 4.15. The number of anilines is 1. The molecule has 1 aromatic carbocycles. The van der Waals surface area contributed by atoms with E-state index in [-0.39, 0.29) is 11.8 Å². The predicted molar refractivity (Wildman–Crippen MR) is 66.1 cm³/mol. The Morgan fingerprint density at radius 2 is 2.19 bits per heavy atom. The number of amides is 1. The van der Waals surface area contributed by atoms with Crippen molar-refractivity contribution in [3.05, 3.63) is 35.5 Å². The van der Waals surface area contributed by atoms with Gasteiger partial charge in [-0.05, 0) is 24.3 Å². The van der Waals surface area contributed by atoms with Crippen LogP contribution in [0.25, 0.3) is 10.9 Å². The highest BCUT2D eigenvalue weighted by Crippen LogP contribution is 2.24. The van der Waals surface area contributed by atoms with Crippen molar-refractivity contribution in [1.29, 1.82) is 0 Å². The van der Waals surface area contributed by atoms with Gasteiger partial charge in [0, 0.05) is 16.6 Å². The van der Waals surface area contributed by atoms with Crippen molar-refractivity contribution in [1.82, 2.24) is 4.98 Å². The minimum absolute atomic E-state index is 0.0720. The fraction of sp³-hybridized carbons (Fsp3) is 0.0909. The summed E-state index contributed by atoms with van der Waals surface area (Å²) < 4.78 is 0. The third-order valence-corrected chi connectivity index (χ3v) is 2.58. The highest BCUT2D eigenvalue weighted by atomic mass is 35.5. The lowest BCUT2D eigenvalue weighted by Gasteiger charge is -2.06. The lowest BCUT2D eigenvalue weighted by Crippen LogP contribution is -2.12. The molecule has 0 aliphatic rings. The van der Waals surface area contributed by atoms with E-state index in [1.807, 2.05) is 6.07 Å². The molecule has 0 fully saturated rings. The lowest BCUT2D eigenvalue weighted by atomic mass is 10.2. The zero-order chi connectivity index (χ0) is 11.5. The van der Waals surface area contributed by atoms with Gasteiger partial charge in [-0.25, -0.2) is 0 Å². The van der Waals surface area contributed by atoms with Crippen molar-refractivity contribution in [2.75, 3.05) is 11.2 Å². The molecule has 0 radical (unpaired) electrons. The number of rotatable bonds is 2. The van der Waals surface area contributed by atoms with Gasteiger partial charge in [0.05, 0.1) is 11.2 Å². The van der Waals surface area contributed by atoms with Crippen LogP contribution in [0.5, 0.6) is 0 Å². The van der Waals surface area contributed by atoms with Crippen LogP contribution in [-0.2, 0) is 4.79 Å². The quantitative estimate of drug-likeness (QED) is 0.838. The van der Waals surface area contributed by atoms with Crippen molar-refractivity contribution in [3.63, 3.8) is 0 Å². The third kappa shape index (κ3) is 2.26. The summed E-state index contributed by atoms with van der Waals surface area (Å²) in [6.45, 7) is 0. The lowest BCUT2D eigenvalue weighted by molar-refractivity contribution is -0.113. The Balaban J connectivity index is 2.49. The minimum atomic E-state index is -0.246. The molecule has 1 aromatic heterocycles. The average molecular weight is 255 g/mol. The van der Waals surface area contributed by atoms with Crippen molar-refractivity contribution >= 4 is 45.7 Å². The number of alkyl halides is 1. The molecule has 1 heterocycles. The monoisotopic (exact) mass is 254 g/mol. The number of pyridine rings is 1. The molecule has 0 spiro atoms. The molecule has 1 amide bonds. The summed E-state index contributed by atoms with van der Waals surface area (Å²) in [5.41, 5.74) is 1.42. The third-order valence-electron chi connectivity index (χ3n) is 2.10. The van der Waals surface area contributed by atoms with E-state index in [2.05, 4.69) is 10.3 Å². The first kappa shape index (κ1) is 11.2. The first-order valence-corrected chi connectivity index (χ1v) is 5.52. The molecule has 0 bridgehead atoms. The Hall–Kier alpha value is -1.32. The summed E-state index contributed by atoms with van der Waals surface area (Å²) in [5.74, 6) is -0.318. The van der Waals surface area contributed by atoms with E-state index in [1.165, 1.54) is 0 Å². The first-order valence-electron chi connectivity index (χ1n) is 4.61. The van der Waals surface area contributed by atoms with Crippen molar-refractivity contribution in [2.45, 2.75) is 0 Å². The van der Waals surface area contributed by atoms with Crippen LogP contribution in [0, 0.1) is 0 Å². The topological polar surface area (TPSA) is 42.0 Å². The molecule has 0 aliphatic carbocycles. The molecule has 0 unspecified atom stereocenters. The highest BCUT2D eigenvalue weighted by Gasteiger charge is 2.05. The van der Waals surface area contributed by atoms with Gasteiger partial charge in [0.25, 0.3) is 0 Å². The Morgan fingerprint density at radius 1 is 1.38 bits per heavy atom. The Morgan fingerprint density at radius 3 is 2.94 bits per heavy atom. The van der Waals surface area contributed by atoms with Gasteiger partial charge in [-0.15, -0.1) is 11.6 Å². The zero-order valence-corrected chi connectivity index (χ0v) is 9.72.